The van der Waals surface area contributed by atoms with Crippen molar-refractivity contribution in [2.24, 2.45) is 0 Å². The largest absolute Gasteiger partial charge is 0.389 e. The van der Waals surface area contributed by atoms with E-state index in [1.165, 1.54) is 0 Å². The van der Waals surface area contributed by atoms with Gasteiger partial charge in [-0.05, 0) is 19.5 Å². The lowest BCUT2D eigenvalue weighted by Crippen LogP contribution is -2.08. The van der Waals surface area contributed by atoms with E-state index in [9.17, 15) is 13.2 Å². The summed E-state index contributed by atoms with van der Waals surface area (Å²) >= 11 is 0. The average molecular weight is 158 g/mol. The van der Waals surface area contributed by atoms with Gasteiger partial charge in [0, 0.05) is 6.42 Å². The molecule has 0 rings (SSSR count). The van der Waals surface area contributed by atoms with Crippen molar-refractivity contribution in [3.05, 3.63) is 0 Å². The topological polar surface area (TPSA) is 0 Å². The third-order valence-electron chi connectivity index (χ3n) is 0.842. The van der Waals surface area contributed by atoms with Crippen LogP contribution >= 0.6 is 7.92 Å². The molecule has 0 saturated heterocycles. The molecule has 9 heavy (non-hydrogen) atoms. The fourth-order valence-corrected chi connectivity index (χ4v) is 1.05. The predicted octanol–water partition coefficient (Wildman–Crippen LogP) is 2.68. The molecule has 0 unspecified atom stereocenters. The Bertz CT molecular complexity index is 76.8. The molecule has 0 fully saturated rings. The van der Waals surface area contributed by atoms with Crippen LogP contribution in [0.2, 0.25) is 0 Å². The van der Waals surface area contributed by atoms with Gasteiger partial charge in [-0.2, -0.15) is 13.2 Å². The van der Waals surface area contributed by atoms with Gasteiger partial charge in [-0.1, -0.05) is 0 Å². The van der Waals surface area contributed by atoms with E-state index in [1.54, 1.807) is 0 Å². The molecule has 0 aliphatic rings. The maximum atomic E-state index is 11.4. The summed E-state index contributed by atoms with van der Waals surface area (Å²) in [5.74, 6) is 0. The fourth-order valence-electron chi connectivity index (χ4n) is 0.350. The zero-order chi connectivity index (χ0) is 7.49. The van der Waals surface area contributed by atoms with E-state index in [0.29, 0.717) is 6.16 Å². The Morgan fingerprint density at radius 2 is 1.67 bits per heavy atom. The smallest absolute Gasteiger partial charge is 0.171 e. The molecular formula is C5H10F3P. The third kappa shape index (κ3) is 8.22. The van der Waals surface area contributed by atoms with Gasteiger partial charge in [0.05, 0.1) is 0 Å². The SMILES string of the molecule is CP(C)CCC(F)(F)F. The van der Waals surface area contributed by atoms with Crippen LogP contribution in [0.3, 0.4) is 0 Å². The number of hydrogen-bond donors (Lipinski definition) is 0. The highest BCUT2D eigenvalue weighted by atomic mass is 31.1. The van der Waals surface area contributed by atoms with Crippen molar-refractivity contribution >= 4 is 7.92 Å². The number of alkyl halides is 3. The second kappa shape index (κ2) is 3.40. The minimum absolute atomic E-state index is 0.304. The van der Waals surface area contributed by atoms with Crippen LogP contribution < -0.4 is 0 Å². The first kappa shape index (κ1) is 9.22. The van der Waals surface area contributed by atoms with Gasteiger partial charge in [0.1, 0.15) is 0 Å². The molecule has 4 heteroatoms. The van der Waals surface area contributed by atoms with Gasteiger partial charge >= 0.3 is 6.18 Å². The van der Waals surface area contributed by atoms with Gasteiger partial charge in [0.25, 0.3) is 0 Å². The van der Waals surface area contributed by atoms with Crippen LogP contribution in [0.5, 0.6) is 0 Å². The van der Waals surface area contributed by atoms with Gasteiger partial charge < -0.3 is 0 Å². The Kier molecular flexibility index (Phi) is 3.49. The van der Waals surface area contributed by atoms with Crippen LogP contribution in [-0.2, 0) is 0 Å². The lowest BCUT2D eigenvalue weighted by molar-refractivity contribution is -0.129. The maximum Gasteiger partial charge on any atom is 0.389 e. The number of hydrogen-bond acceptors (Lipinski definition) is 0. The molecule has 0 N–H and O–H groups in total. The molecule has 0 spiro atoms. The first-order chi connectivity index (χ1) is 3.92. The summed E-state index contributed by atoms with van der Waals surface area (Å²) in [7, 11) is -0.385. The molecule has 56 valence electrons. The molecule has 0 aliphatic heterocycles. The highest BCUT2D eigenvalue weighted by molar-refractivity contribution is 7.55. The second-order valence-corrected chi connectivity index (χ2v) is 4.78. The van der Waals surface area contributed by atoms with E-state index in [2.05, 4.69) is 0 Å². The van der Waals surface area contributed by atoms with Crippen molar-refractivity contribution in [3.63, 3.8) is 0 Å². The van der Waals surface area contributed by atoms with Crippen LogP contribution in [0.15, 0.2) is 0 Å². The molecule has 0 aromatic heterocycles. The molecule has 0 aromatic rings. The Hall–Kier alpha value is 0.220. The lowest BCUT2D eigenvalue weighted by Gasteiger charge is -2.07. The highest BCUT2D eigenvalue weighted by Crippen LogP contribution is 2.31. The van der Waals surface area contributed by atoms with E-state index in [4.69, 9.17) is 0 Å². The van der Waals surface area contributed by atoms with Crippen LogP contribution in [0, 0.1) is 0 Å². The Morgan fingerprint density at radius 3 is 1.78 bits per heavy atom. The quantitative estimate of drug-likeness (QED) is 0.542. The monoisotopic (exact) mass is 158 g/mol. The second-order valence-electron chi connectivity index (χ2n) is 2.17. The minimum Gasteiger partial charge on any atom is -0.171 e. The van der Waals surface area contributed by atoms with Gasteiger partial charge in [0.2, 0.25) is 0 Å². The first-order valence-electron chi connectivity index (χ1n) is 2.63. The van der Waals surface area contributed by atoms with Gasteiger partial charge in [0.15, 0.2) is 0 Å². The maximum absolute atomic E-state index is 11.4. The molecule has 0 atom stereocenters. The van der Waals surface area contributed by atoms with Gasteiger partial charge in [-0.15, -0.1) is 7.92 Å². The van der Waals surface area contributed by atoms with E-state index < -0.39 is 12.6 Å². The fraction of sp³-hybridized carbons (Fsp3) is 1.00. The van der Waals surface area contributed by atoms with E-state index in [1.807, 2.05) is 13.3 Å². The molecule has 0 nitrogen and oxygen atoms in total. The summed E-state index contributed by atoms with van der Waals surface area (Å²) in [5, 5.41) is 0. The third-order valence-corrected chi connectivity index (χ3v) is 1.96. The van der Waals surface area contributed by atoms with E-state index >= 15 is 0 Å². The van der Waals surface area contributed by atoms with Crippen molar-refractivity contribution in [2.45, 2.75) is 12.6 Å². The van der Waals surface area contributed by atoms with Gasteiger partial charge in [-0.3, -0.25) is 0 Å². The summed E-state index contributed by atoms with van der Waals surface area (Å²) < 4.78 is 34.3. The molecule has 0 amide bonds. The van der Waals surface area contributed by atoms with Crippen LogP contribution in [0.4, 0.5) is 13.2 Å². The lowest BCUT2D eigenvalue weighted by atomic mass is 10.5. The Balaban J connectivity index is 3.28. The average Bonchev–Trinajstić information content (AvgIpc) is 1.59. The zero-order valence-corrected chi connectivity index (χ0v) is 6.39. The minimum atomic E-state index is -3.95. The molecule has 0 aliphatic carbocycles. The van der Waals surface area contributed by atoms with Crippen molar-refractivity contribution in [3.8, 4) is 0 Å². The Morgan fingerprint density at radius 1 is 1.22 bits per heavy atom. The predicted molar refractivity (Wildman–Crippen MR) is 34.3 cm³/mol. The summed E-state index contributed by atoms with van der Waals surface area (Å²) in [6.07, 6.45) is -4.27. The van der Waals surface area contributed by atoms with Gasteiger partial charge in [-0.25, -0.2) is 0 Å². The van der Waals surface area contributed by atoms with Crippen molar-refractivity contribution in [1.29, 1.82) is 0 Å². The summed E-state index contributed by atoms with van der Waals surface area (Å²) in [6, 6.07) is 0. The molecule has 0 saturated carbocycles. The normalized spacial score (nSPS) is 12.7. The van der Waals surface area contributed by atoms with Crippen molar-refractivity contribution in [2.75, 3.05) is 19.5 Å². The summed E-state index contributed by atoms with van der Waals surface area (Å²) in [4.78, 5) is 0. The molecular weight excluding hydrogens is 148 g/mol. The van der Waals surface area contributed by atoms with Crippen molar-refractivity contribution < 1.29 is 13.2 Å². The molecule has 0 radical (unpaired) electrons. The summed E-state index contributed by atoms with van der Waals surface area (Å²) in [5.41, 5.74) is 0. The van der Waals surface area contributed by atoms with Crippen LogP contribution in [-0.4, -0.2) is 25.7 Å². The first-order valence-corrected chi connectivity index (χ1v) is 5.05. The van der Waals surface area contributed by atoms with E-state index in [0.717, 1.165) is 0 Å². The zero-order valence-electron chi connectivity index (χ0n) is 5.50. The molecule has 0 bridgehead atoms. The molecule has 0 aromatic carbocycles. The van der Waals surface area contributed by atoms with Crippen LogP contribution in [0.1, 0.15) is 6.42 Å². The summed E-state index contributed by atoms with van der Waals surface area (Å²) in [6.45, 7) is 3.70. The standard InChI is InChI=1S/C5H10F3P/c1-9(2)4-3-5(6,7)8/h3-4H2,1-2H3. The van der Waals surface area contributed by atoms with Crippen molar-refractivity contribution in [1.82, 2.24) is 0 Å². The van der Waals surface area contributed by atoms with E-state index in [-0.39, 0.29) is 7.92 Å². The van der Waals surface area contributed by atoms with Crippen LogP contribution in [0.25, 0.3) is 0 Å². The number of halogens is 3. The molecule has 0 heterocycles. The highest BCUT2D eigenvalue weighted by Gasteiger charge is 2.26. The Labute approximate surface area is 54.2 Å². The number of rotatable bonds is 2.